The molecule has 8 heteroatoms. The number of ether oxygens (including phenoxy) is 2. The highest BCUT2D eigenvalue weighted by Gasteiger charge is 2.26. The van der Waals surface area contributed by atoms with Crippen molar-refractivity contribution < 1.29 is 29.3 Å². The smallest absolute Gasteiger partial charge is 0.303 e. The number of carbonyl (C=O) groups is 2. The predicted molar refractivity (Wildman–Crippen MR) is 133 cm³/mol. The van der Waals surface area contributed by atoms with E-state index in [-0.39, 0.29) is 18.3 Å². The van der Waals surface area contributed by atoms with Crippen molar-refractivity contribution in [3.05, 3.63) is 29.8 Å². The van der Waals surface area contributed by atoms with Crippen LogP contribution in [0.25, 0.3) is 0 Å². The summed E-state index contributed by atoms with van der Waals surface area (Å²) in [6.45, 7) is 5.35. The van der Waals surface area contributed by atoms with Crippen LogP contribution in [0.4, 0.5) is 0 Å². The Morgan fingerprint density at radius 3 is 2.59 bits per heavy atom. The molecule has 1 fully saturated rings. The fourth-order valence-electron chi connectivity index (χ4n) is 2.99. The molecule has 2 rings (SSSR count). The first-order valence-electron chi connectivity index (χ1n) is 11.4. The Hall–Kier alpha value is -1.38. The number of carboxylic acid groups (broad SMARTS) is 2. The fraction of sp³-hybridized carbons (Fsp3) is 0.667. The fourth-order valence-corrected chi connectivity index (χ4v) is 5.52. The van der Waals surface area contributed by atoms with Gasteiger partial charge in [-0.3, -0.25) is 9.59 Å². The minimum absolute atomic E-state index is 0.0689. The maximum atomic E-state index is 10.6. The number of hydrogen-bond acceptors (Lipinski definition) is 6. The van der Waals surface area contributed by atoms with Gasteiger partial charge in [-0.1, -0.05) is 38.5 Å². The van der Waals surface area contributed by atoms with Crippen LogP contribution in [0.1, 0.15) is 64.4 Å². The predicted octanol–water partition coefficient (Wildman–Crippen LogP) is 5.73. The molecular weight excluding hydrogens is 448 g/mol. The zero-order chi connectivity index (χ0) is 23.6. The molecule has 32 heavy (non-hydrogen) atoms. The topological polar surface area (TPSA) is 93.1 Å². The standard InChI is InChI=1S/C21H32O4S2.C3H6O2/c1-2-8-17-9-4-5-10-19(17)24-13-6-3-7-14-26-16-18-15-25-21(27-18)12-11-20(22)23;1-2-3(4)5/h4-5,9-10,18,21H,2-3,6-8,11-16H2,1H3,(H,22,23);2H2,1H3,(H,4,5). The van der Waals surface area contributed by atoms with Gasteiger partial charge in [0.2, 0.25) is 0 Å². The zero-order valence-electron chi connectivity index (χ0n) is 19.3. The molecule has 2 unspecified atom stereocenters. The first-order chi connectivity index (χ1) is 15.5. The summed E-state index contributed by atoms with van der Waals surface area (Å²) < 4.78 is 11.6. The first kappa shape index (κ1) is 28.7. The van der Waals surface area contributed by atoms with E-state index >= 15 is 0 Å². The van der Waals surface area contributed by atoms with Gasteiger partial charge in [-0.15, -0.1) is 11.8 Å². The lowest BCUT2D eigenvalue weighted by Gasteiger charge is -2.11. The number of hydrogen-bond donors (Lipinski definition) is 2. The second-order valence-electron chi connectivity index (χ2n) is 7.54. The summed E-state index contributed by atoms with van der Waals surface area (Å²) in [4.78, 5) is 20.0. The molecule has 2 atom stereocenters. The van der Waals surface area contributed by atoms with Gasteiger partial charge >= 0.3 is 11.9 Å². The van der Waals surface area contributed by atoms with E-state index in [2.05, 4.69) is 25.1 Å². The van der Waals surface area contributed by atoms with E-state index in [9.17, 15) is 9.59 Å². The second kappa shape index (κ2) is 18.1. The summed E-state index contributed by atoms with van der Waals surface area (Å²) in [6.07, 6.45) is 6.75. The van der Waals surface area contributed by atoms with Crippen LogP contribution in [0.15, 0.2) is 24.3 Å². The van der Waals surface area contributed by atoms with Crippen molar-refractivity contribution in [2.75, 3.05) is 24.7 Å². The Balaban J connectivity index is 0.000000920. The van der Waals surface area contributed by atoms with Gasteiger partial charge in [0, 0.05) is 23.8 Å². The van der Waals surface area contributed by atoms with Crippen LogP contribution in [0.2, 0.25) is 0 Å². The molecule has 0 saturated carbocycles. The summed E-state index contributed by atoms with van der Waals surface area (Å²) in [7, 11) is 0. The third-order valence-corrected chi connectivity index (χ3v) is 7.48. The molecule has 1 aromatic rings. The SMILES string of the molecule is CCC(=O)O.CCCc1ccccc1OCCCCCSCC1COC(CCC(=O)O)S1. The minimum Gasteiger partial charge on any atom is -0.493 e. The largest absolute Gasteiger partial charge is 0.493 e. The van der Waals surface area contributed by atoms with Gasteiger partial charge in [0.15, 0.2) is 0 Å². The van der Waals surface area contributed by atoms with Crippen molar-refractivity contribution in [2.24, 2.45) is 0 Å². The lowest BCUT2D eigenvalue weighted by atomic mass is 10.1. The minimum atomic E-state index is -0.745. The summed E-state index contributed by atoms with van der Waals surface area (Å²) in [5.41, 5.74) is 1.38. The third-order valence-electron chi connectivity index (χ3n) is 4.69. The number of unbranched alkanes of at least 4 members (excludes halogenated alkanes) is 2. The molecule has 1 aromatic carbocycles. The van der Waals surface area contributed by atoms with Crippen LogP contribution in [-0.4, -0.2) is 57.6 Å². The van der Waals surface area contributed by atoms with E-state index in [0.29, 0.717) is 11.7 Å². The molecule has 0 spiro atoms. The van der Waals surface area contributed by atoms with E-state index in [1.165, 1.54) is 24.2 Å². The average molecular weight is 487 g/mol. The Morgan fingerprint density at radius 2 is 1.91 bits per heavy atom. The molecule has 1 aliphatic heterocycles. The van der Waals surface area contributed by atoms with Crippen LogP contribution in [0, 0.1) is 0 Å². The van der Waals surface area contributed by atoms with Crippen LogP contribution in [0.3, 0.4) is 0 Å². The number of aliphatic carboxylic acids is 2. The van der Waals surface area contributed by atoms with Crippen LogP contribution < -0.4 is 4.74 Å². The molecule has 1 aliphatic rings. The van der Waals surface area contributed by atoms with Gasteiger partial charge in [0.25, 0.3) is 0 Å². The maximum Gasteiger partial charge on any atom is 0.303 e. The molecule has 0 aromatic heterocycles. The van der Waals surface area contributed by atoms with Gasteiger partial charge in [-0.2, -0.15) is 11.8 Å². The van der Waals surface area contributed by atoms with Crippen molar-refractivity contribution in [1.29, 1.82) is 0 Å². The van der Waals surface area contributed by atoms with Crippen molar-refractivity contribution >= 4 is 35.5 Å². The zero-order valence-corrected chi connectivity index (χ0v) is 20.9. The number of aryl methyl sites for hydroxylation is 1. The Morgan fingerprint density at radius 1 is 1.16 bits per heavy atom. The molecule has 0 radical (unpaired) electrons. The molecule has 6 nitrogen and oxygen atoms in total. The highest BCUT2D eigenvalue weighted by molar-refractivity contribution is 8.03. The molecular formula is C24H38O6S2. The molecule has 1 saturated heterocycles. The van der Waals surface area contributed by atoms with E-state index in [0.717, 1.165) is 44.0 Å². The highest BCUT2D eigenvalue weighted by atomic mass is 32.2. The lowest BCUT2D eigenvalue weighted by molar-refractivity contribution is -0.138. The summed E-state index contributed by atoms with van der Waals surface area (Å²) in [5.74, 6) is 1.82. The van der Waals surface area contributed by atoms with Crippen LogP contribution in [-0.2, 0) is 20.7 Å². The number of benzene rings is 1. The van der Waals surface area contributed by atoms with Crippen molar-refractivity contribution in [3.63, 3.8) is 0 Å². The summed E-state index contributed by atoms with van der Waals surface area (Å²) in [6, 6.07) is 8.36. The van der Waals surface area contributed by atoms with E-state index < -0.39 is 11.9 Å². The third kappa shape index (κ3) is 13.9. The molecule has 182 valence electrons. The Labute approximate surface area is 200 Å². The number of rotatable bonds is 15. The highest BCUT2D eigenvalue weighted by Crippen LogP contribution is 2.32. The van der Waals surface area contributed by atoms with Crippen molar-refractivity contribution in [1.82, 2.24) is 0 Å². The number of thioether (sulfide) groups is 2. The molecule has 1 heterocycles. The average Bonchev–Trinajstić information content (AvgIpc) is 3.23. The van der Waals surface area contributed by atoms with Gasteiger partial charge < -0.3 is 19.7 Å². The Bertz CT molecular complexity index is 655. The molecule has 0 aliphatic carbocycles. The normalized spacial score (nSPS) is 17.4. The molecule has 2 N–H and O–H groups in total. The van der Waals surface area contributed by atoms with E-state index in [4.69, 9.17) is 19.7 Å². The van der Waals surface area contributed by atoms with Crippen LogP contribution >= 0.6 is 23.5 Å². The second-order valence-corrected chi connectivity index (χ2v) is 10.2. The van der Waals surface area contributed by atoms with Gasteiger partial charge in [0.1, 0.15) is 11.2 Å². The van der Waals surface area contributed by atoms with Gasteiger partial charge in [-0.25, -0.2) is 0 Å². The van der Waals surface area contributed by atoms with Crippen LogP contribution in [0.5, 0.6) is 5.75 Å². The first-order valence-corrected chi connectivity index (χ1v) is 13.5. The number of carboxylic acids is 2. The van der Waals surface area contributed by atoms with Crippen molar-refractivity contribution in [2.45, 2.75) is 75.9 Å². The molecule has 0 bridgehead atoms. The Kier molecular flexibility index (Phi) is 16.2. The summed E-state index contributed by atoms with van der Waals surface area (Å²) >= 11 is 3.78. The van der Waals surface area contributed by atoms with E-state index in [1.807, 2.05) is 17.8 Å². The maximum absolute atomic E-state index is 10.6. The number of para-hydroxylation sites is 1. The van der Waals surface area contributed by atoms with Gasteiger partial charge in [-0.05, 0) is 49.5 Å². The summed E-state index contributed by atoms with van der Waals surface area (Å²) in [5, 5.41) is 17.0. The van der Waals surface area contributed by atoms with E-state index in [1.54, 1.807) is 18.7 Å². The molecule has 0 amide bonds. The quantitative estimate of drug-likeness (QED) is 0.304. The van der Waals surface area contributed by atoms with Crippen molar-refractivity contribution in [3.8, 4) is 5.75 Å². The van der Waals surface area contributed by atoms with Gasteiger partial charge in [0.05, 0.1) is 13.2 Å². The lowest BCUT2D eigenvalue weighted by Crippen LogP contribution is -2.06. The monoisotopic (exact) mass is 486 g/mol.